The summed E-state index contributed by atoms with van der Waals surface area (Å²) in [5.41, 5.74) is 4.95. The Balaban J connectivity index is 2.12. The number of aliphatic imine (C=N–C) groups is 1. The zero-order valence-electron chi connectivity index (χ0n) is 15.4. The number of H-pyrrole nitrogens is 1. The molecule has 6 heteroatoms. The van der Waals surface area contributed by atoms with Gasteiger partial charge in [-0.2, -0.15) is 0 Å². The molecular weight excluding hydrogens is 469 g/mol. The van der Waals surface area contributed by atoms with Crippen molar-refractivity contribution in [3.05, 3.63) is 63.9 Å². The topological polar surface area (TPSA) is 58.1 Å². The van der Waals surface area contributed by atoms with E-state index in [0.29, 0.717) is 0 Å². The summed E-state index contributed by atoms with van der Waals surface area (Å²) in [5, 5.41) is 0. The fourth-order valence-corrected chi connectivity index (χ4v) is 3.78. The molecule has 0 aliphatic heterocycles. The Morgan fingerprint density at radius 2 is 1.93 bits per heavy atom. The minimum Gasteiger partial charge on any atom is -0.337 e. The standard InChI is InChI=1S/C21H20IN3OS/c1-14(11-12-23-2)19-20(16-5-4-6-17(22)13-16)25-21(24-19)15-7-9-18(10-8-15)27(3)26/h4-13H,1-3H3,(H,24,25)/b14-11+,23-12?. The maximum atomic E-state index is 11.6. The molecule has 27 heavy (non-hydrogen) atoms. The quantitative estimate of drug-likeness (QED) is 0.396. The fourth-order valence-electron chi connectivity index (χ4n) is 2.72. The number of benzene rings is 2. The second-order valence-corrected chi connectivity index (χ2v) is 8.68. The van der Waals surface area contributed by atoms with Crippen molar-refractivity contribution in [2.45, 2.75) is 11.8 Å². The van der Waals surface area contributed by atoms with Gasteiger partial charge < -0.3 is 4.98 Å². The van der Waals surface area contributed by atoms with Crippen molar-refractivity contribution >= 4 is 45.2 Å². The molecule has 1 heterocycles. The highest BCUT2D eigenvalue weighted by Crippen LogP contribution is 2.31. The molecule has 2 aromatic carbocycles. The van der Waals surface area contributed by atoms with E-state index < -0.39 is 10.8 Å². The van der Waals surface area contributed by atoms with Crippen LogP contribution in [0.15, 0.2) is 64.5 Å². The van der Waals surface area contributed by atoms with Crippen LogP contribution in [0.1, 0.15) is 12.6 Å². The third-order valence-electron chi connectivity index (χ3n) is 4.12. The molecule has 1 unspecified atom stereocenters. The molecule has 1 N–H and O–H groups in total. The normalized spacial score (nSPS) is 13.3. The number of aromatic nitrogens is 2. The Hall–Kier alpha value is -2.06. The molecule has 0 saturated heterocycles. The summed E-state index contributed by atoms with van der Waals surface area (Å²) in [6, 6.07) is 16.0. The van der Waals surface area contributed by atoms with Gasteiger partial charge in [0.15, 0.2) is 0 Å². The maximum absolute atomic E-state index is 11.6. The monoisotopic (exact) mass is 489 g/mol. The van der Waals surface area contributed by atoms with E-state index in [9.17, 15) is 4.21 Å². The van der Waals surface area contributed by atoms with Gasteiger partial charge in [-0.25, -0.2) is 4.98 Å². The van der Waals surface area contributed by atoms with E-state index >= 15 is 0 Å². The Labute approximate surface area is 175 Å². The highest BCUT2D eigenvalue weighted by Gasteiger charge is 2.15. The smallest absolute Gasteiger partial charge is 0.138 e. The van der Waals surface area contributed by atoms with Crippen LogP contribution < -0.4 is 0 Å². The number of hydrogen-bond donors (Lipinski definition) is 1. The van der Waals surface area contributed by atoms with Gasteiger partial charge in [0.1, 0.15) is 5.82 Å². The van der Waals surface area contributed by atoms with Gasteiger partial charge in [-0.3, -0.25) is 9.20 Å². The van der Waals surface area contributed by atoms with Crippen molar-refractivity contribution < 1.29 is 4.21 Å². The first kappa shape index (κ1) is 19.7. The largest absolute Gasteiger partial charge is 0.337 e. The molecule has 0 bridgehead atoms. The summed E-state index contributed by atoms with van der Waals surface area (Å²) in [7, 11) is 0.758. The number of halogens is 1. The summed E-state index contributed by atoms with van der Waals surface area (Å²) in [6.07, 6.45) is 5.41. The number of allylic oxidation sites excluding steroid dienone is 2. The predicted octanol–water partition coefficient (Wildman–Crippen LogP) is 5.19. The average Bonchev–Trinajstić information content (AvgIpc) is 3.11. The van der Waals surface area contributed by atoms with Crippen LogP contribution in [-0.4, -0.2) is 33.7 Å². The van der Waals surface area contributed by atoms with Crippen molar-refractivity contribution in [2.24, 2.45) is 4.99 Å². The van der Waals surface area contributed by atoms with E-state index in [1.165, 1.54) is 3.57 Å². The molecule has 0 aliphatic carbocycles. The molecular formula is C21H20IN3OS. The van der Waals surface area contributed by atoms with E-state index in [2.05, 4.69) is 50.8 Å². The van der Waals surface area contributed by atoms with Gasteiger partial charge in [-0.1, -0.05) is 24.3 Å². The van der Waals surface area contributed by atoms with Gasteiger partial charge in [-0.15, -0.1) is 0 Å². The Bertz CT molecular complexity index is 1040. The summed E-state index contributed by atoms with van der Waals surface area (Å²) < 4.78 is 12.8. The molecule has 0 amide bonds. The summed E-state index contributed by atoms with van der Waals surface area (Å²) >= 11 is 2.31. The van der Waals surface area contributed by atoms with Gasteiger partial charge in [0.2, 0.25) is 0 Å². The summed E-state index contributed by atoms with van der Waals surface area (Å²) in [6.45, 7) is 2.03. The lowest BCUT2D eigenvalue weighted by Gasteiger charge is -2.03. The second kappa shape index (κ2) is 8.75. The SMILES string of the molecule is CN=C/C=C(\C)c1nc(-c2ccc(S(C)=O)cc2)[nH]c1-c1cccc(I)c1. The van der Waals surface area contributed by atoms with E-state index in [1.807, 2.05) is 43.3 Å². The highest BCUT2D eigenvalue weighted by molar-refractivity contribution is 14.1. The minimum absolute atomic E-state index is 0.786. The Kier molecular flexibility index (Phi) is 6.38. The third kappa shape index (κ3) is 4.62. The van der Waals surface area contributed by atoms with Gasteiger partial charge >= 0.3 is 0 Å². The molecule has 1 atom stereocenters. The zero-order chi connectivity index (χ0) is 19.4. The zero-order valence-corrected chi connectivity index (χ0v) is 18.3. The third-order valence-corrected chi connectivity index (χ3v) is 5.73. The first-order valence-electron chi connectivity index (χ1n) is 8.39. The van der Waals surface area contributed by atoms with Crippen molar-refractivity contribution in [3.63, 3.8) is 0 Å². The molecule has 0 radical (unpaired) electrons. The lowest BCUT2D eigenvalue weighted by molar-refractivity contribution is 0.687. The van der Waals surface area contributed by atoms with Crippen molar-refractivity contribution in [1.82, 2.24) is 9.97 Å². The minimum atomic E-state index is -0.991. The molecule has 138 valence electrons. The lowest BCUT2D eigenvalue weighted by atomic mass is 10.1. The van der Waals surface area contributed by atoms with Gasteiger partial charge in [0, 0.05) is 49.9 Å². The van der Waals surface area contributed by atoms with E-state index in [-0.39, 0.29) is 0 Å². The average molecular weight is 489 g/mol. The molecule has 1 aromatic heterocycles. The van der Waals surface area contributed by atoms with Crippen molar-refractivity contribution in [2.75, 3.05) is 13.3 Å². The van der Waals surface area contributed by atoms with Gasteiger partial charge in [-0.05, 0) is 65.4 Å². The van der Waals surface area contributed by atoms with Crippen molar-refractivity contribution in [1.29, 1.82) is 0 Å². The Morgan fingerprint density at radius 3 is 2.56 bits per heavy atom. The van der Waals surface area contributed by atoms with E-state index in [0.717, 1.165) is 38.8 Å². The molecule has 3 rings (SSSR count). The number of imidazole rings is 1. The van der Waals surface area contributed by atoms with Crippen LogP contribution >= 0.6 is 22.6 Å². The lowest BCUT2D eigenvalue weighted by Crippen LogP contribution is -1.88. The number of hydrogen-bond acceptors (Lipinski definition) is 3. The molecule has 0 saturated carbocycles. The molecule has 0 aliphatic rings. The molecule has 4 nitrogen and oxygen atoms in total. The van der Waals surface area contributed by atoms with Crippen LogP contribution in [0.5, 0.6) is 0 Å². The molecule has 0 spiro atoms. The summed E-state index contributed by atoms with van der Waals surface area (Å²) in [5.74, 6) is 0.786. The number of nitrogens with zero attached hydrogens (tertiary/aromatic N) is 2. The van der Waals surface area contributed by atoms with Crippen LogP contribution in [0.2, 0.25) is 0 Å². The van der Waals surface area contributed by atoms with Crippen LogP contribution in [-0.2, 0) is 10.8 Å². The highest BCUT2D eigenvalue weighted by atomic mass is 127. The predicted molar refractivity (Wildman–Crippen MR) is 123 cm³/mol. The van der Waals surface area contributed by atoms with Gasteiger partial charge in [0.05, 0.1) is 11.4 Å². The number of aromatic amines is 1. The van der Waals surface area contributed by atoms with Gasteiger partial charge in [0.25, 0.3) is 0 Å². The first-order chi connectivity index (χ1) is 13.0. The van der Waals surface area contributed by atoms with Crippen LogP contribution in [0, 0.1) is 3.57 Å². The van der Waals surface area contributed by atoms with Crippen LogP contribution in [0.3, 0.4) is 0 Å². The summed E-state index contributed by atoms with van der Waals surface area (Å²) in [4.78, 5) is 13.2. The van der Waals surface area contributed by atoms with E-state index in [1.54, 1.807) is 19.5 Å². The number of nitrogens with one attached hydrogen (secondary N) is 1. The first-order valence-corrected chi connectivity index (χ1v) is 11.0. The maximum Gasteiger partial charge on any atom is 0.138 e. The molecule has 0 fully saturated rings. The fraction of sp³-hybridized carbons (Fsp3) is 0.143. The number of rotatable bonds is 5. The Morgan fingerprint density at radius 1 is 1.19 bits per heavy atom. The van der Waals surface area contributed by atoms with E-state index in [4.69, 9.17) is 4.98 Å². The van der Waals surface area contributed by atoms with Crippen LogP contribution in [0.25, 0.3) is 28.2 Å². The van der Waals surface area contributed by atoms with Crippen LogP contribution in [0.4, 0.5) is 0 Å². The molecule has 3 aromatic rings. The van der Waals surface area contributed by atoms with Crippen molar-refractivity contribution in [3.8, 4) is 22.6 Å². The second-order valence-electron chi connectivity index (χ2n) is 6.05.